The molecule has 0 spiro atoms. The van der Waals surface area contributed by atoms with Gasteiger partial charge in [0.25, 0.3) is 5.91 Å². The van der Waals surface area contributed by atoms with Crippen molar-refractivity contribution in [1.29, 1.82) is 0 Å². The van der Waals surface area contributed by atoms with Crippen molar-refractivity contribution in [3.05, 3.63) is 21.3 Å². The van der Waals surface area contributed by atoms with Crippen molar-refractivity contribution < 1.29 is 9.53 Å². The third-order valence-corrected chi connectivity index (χ3v) is 3.83. The van der Waals surface area contributed by atoms with Crippen molar-refractivity contribution in [3.63, 3.8) is 0 Å². The number of thiophene rings is 1. The summed E-state index contributed by atoms with van der Waals surface area (Å²) >= 11 is 7.12. The fourth-order valence-electron chi connectivity index (χ4n) is 1.74. The minimum Gasteiger partial charge on any atom is -0.374 e. The van der Waals surface area contributed by atoms with Gasteiger partial charge in [-0.3, -0.25) is 4.79 Å². The number of nitrogens with zero attached hydrogens (tertiary/aromatic N) is 1. The van der Waals surface area contributed by atoms with Gasteiger partial charge >= 0.3 is 0 Å². The number of morpholine rings is 1. The lowest BCUT2D eigenvalue weighted by atomic mass is 10.3. The Bertz CT molecular complexity index is 391. The Morgan fingerprint density at radius 1 is 1.71 bits per heavy atom. The molecule has 2 heterocycles. The van der Waals surface area contributed by atoms with Crippen molar-refractivity contribution in [1.82, 2.24) is 10.2 Å². The molecule has 1 N–H and O–H groups in total. The highest BCUT2D eigenvalue weighted by Gasteiger charge is 2.20. The number of likely N-dealkylation sites (N-methyl/N-ethyl adjacent to an activating group) is 1. The van der Waals surface area contributed by atoms with Crippen LogP contribution in [0.2, 0.25) is 4.34 Å². The molecule has 1 amide bonds. The van der Waals surface area contributed by atoms with Crippen LogP contribution in [0.3, 0.4) is 0 Å². The first kappa shape index (κ1) is 12.8. The second-order valence-electron chi connectivity index (χ2n) is 3.99. The summed E-state index contributed by atoms with van der Waals surface area (Å²) < 4.78 is 6.20. The smallest absolute Gasteiger partial charge is 0.263 e. The molecule has 1 saturated heterocycles. The second kappa shape index (κ2) is 5.82. The zero-order chi connectivity index (χ0) is 12.3. The zero-order valence-electron chi connectivity index (χ0n) is 9.61. The number of halogens is 1. The second-order valence-corrected chi connectivity index (χ2v) is 5.70. The van der Waals surface area contributed by atoms with E-state index in [1.165, 1.54) is 11.3 Å². The summed E-state index contributed by atoms with van der Waals surface area (Å²) in [4.78, 5) is 14.4. The molecule has 0 aliphatic carbocycles. The number of rotatable bonds is 3. The predicted molar refractivity (Wildman–Crippen MR) is 68.9 cm³/mol. The minimum absolute atomic E-state index is 0.00364. The molecule has 1 aliphatic rings. The predicted octanol–water partition coefficient (Wildman–Crippen LogP) is 1.46. The molecule has 0 radical (unpaired) electrons. The van der Waals surface area contributed by atoms with E-state index in [0.29, 0.717) is 22.4 Å². The van der Waals surface area contributed by atoms with Crippen molar-refractivity contribution in [2.75, 3.05) is 33.3 Å². The molecule has 1 aliphatic heterocycles. The normalized spacial score (nSPS) is 20.2. The number of amides is 1. The van der Waals surface area contributed by atoms with Gasteiger partial charge in [0.1, 0.15) is 0 Å². The first-order valence-electron chi connectivity index (χ1n) is 5.50. The largest absolute Gasteiger partial charge is 0.374 e. The topological polar surface area (TPSA) is 41.6 Å². The summed E-state index contributed by atoms with van der Waals surface area (Å²) in [5.41, 5.74) is 0. The third kappa shape index (κ3) is 3.42. The van der Waals surface area contributed by atoms with Crippen LogP contribution in [0.25, 0.3) is 0 Å². The van der Waals surface area contributed by atoms with Crippen molar-refractivity contribution in [3.8, 4) is 0 Å². The highest BCUT2D eigenvalue weighted by Crippen LogP contribution is 2.22. The van der Waals surface area contributed by atoms with Crippen LogP contribution in [0.1, 0.15) is 9.67 Å². The highest BCUT2D eigenvalue weighted by atomic mass is 35.5. The summed E-state index contributed by atoms with van der Waals surface area (Å²) in [6.45, 7) is 2.98. The molecule has 17 heavy (non-hydrogen) atoms. The van der Waals surface area contributed by atoms with Crippen LogP contribution in [0.15, 0.2) is 12.1 Å². The Kier molecular flexibility index (Phi) is 4.39. The molecule has 0 aromatic carbocycles. The molecule has 6 heteroatoms. The van der Waals surface area contributed by atoms with E-state index < -0.39 is 0 Å². The summed E-state index contributed by atoms with van der Waals surface area (Å²) in [6.07, 6.45) is 0.0770. The van der Waals surface area contributed by atoms with Gasteiger partial charge in [0.15, 0.2) is 0 Å². The molecule has 0 bridgehead atoms. The van der Waals surface area contributed by atoms with Crippen LogP contribution < -0.4 is 5.32 Å². The van der Waals surface area contributed by atoms with Gasteiger partial charge in [0.05, 0.1) is 21.9 Å². The van der Waals surface area contributed by atoms with E-state index >= 15 is 0 Å². The number of carbonyl (C=O) groups is 1. The van der Waals surface area contributed by atoms with E-state index in [4.69, 9.17) is 16.3 Å². The Labute approximate surface area is 110 Å². The van der Waals surface area contributed by atoms with Gasteiger partial charge in [-0.2, -0.15) is 0 Å². The highest BCUT2D eigenvalue weighted by molar-refractivity contribution is 7.17. The standard InChI is InChI=1S/C11H15ClN2O2S/c1-14(7-8-6-13-4-5-16-8)11(15)9-2-3-10(12)17-9/h2-3,8,13H,4-7H2,1H3. The number of hydrogen-bond acceptors (Lipinski definition) is 4. The van der Waals surface area contributed by atoms with Crippen LogP contribution in [0, 0.1) is 0 Å². The summed E-state index contributed by atoms with van der Waals surface area (Å²) in [7, 11) is 1.79. The van der Waals surface area contributed by atoms with Crippen LogP contribution >= 0.6 is 22.9 Å². The number of nitrogens with one attached hydrogen (secondary N) is 1. The van der Waals surface area contributed by atoms with Gasteiger partial charge in [-0.05, 0) is 12.1 Å². The first-order chi connectivity index (χ1) is 8.16. The Hall–Kier alpha value is -0.620. The van der Waals surface area contributed by atoms with E-state index in [2.05, 4.69) is 5.32 Å². The number of hydrogen-bond donors (Lipinski definition) is 1. The van der Waals surface area contributed by atoms with E-state index in [0.717, 1.165) is 13.1 Å². The summed E-state index contributed by atoms with van der Waals surface area (Å²) in [6, 6.07) is 3.50. The van der Waals surface area contributed by atoms with Crippen molar-refractivity contribution in [2.24, 2.45) is 0 Å². The molecule has 1 aromatic rings. The summed E-state index contributed by atoms with van der Waals surface area (Å²) in [5, 5.41) is 3.24. The maximum Gasteiger partial charge on any atom is 0.263 e. The van der Waals surface area contributed by atoms with Crippen LogP contribution in [-0.2, 0) is 4.74 Å². The molecule has 1 unspecified atom stereocenters. The molecule has 1 fully saturated rings. The molecule has 1 aromatic heterocycles. The maximum absolute atomic E-state index is 12.0. The van der Waals surface area contributed by atoms with Gasteiger partial charge < -0.3 is 15.0 Å². The first-order valence-corrected chi connectivity index (χ1v) is 6.69. The molecular formula is C11H15ClN2O2S. The van der Waals surface area contributed by atoms with E-state index in [1.54, 1.807) is 24.1 Å². The average molecular weight is 275 g/mol. The zero-order valence-corrected chi connectivity index (χ0v) is 11.2. The lowest BCUT2D eigenvalue weighted by molar-refractivity contribution is 0.0105. The van der Waals surface area contributed by atoms with Crippen LogP contribution in [0.5, 0.6) is 0 Å². The molecule has 4 nitrogen and oxygen atoms in total. The fourth-order valence-corrected chi connectivity index (χ4v) is 2.78. The quantitative estimate of drug-likeness (QED) is 0.907. The van der Waals surface area contributed by atoms with Gasteiger partial charge in [-0.1, -0.05) is 11.6 Å². The molecule has 2 rings (SSSR count). The van der Waals surface area contributed by atoms with Crippen molar-refractivity contribution in [2.45, 2.75) is 6.10 Å². The maximum atomic E-state index is 12.0. The summed E-state index contributed by atoms with van der Waals surface area (Å²) in [5.74, 6) is -0.00364. The van der Waals surface area contributed by atoms with E-state index in [1.807, 2.05) is 0 Å². The number of ether oxygens (including phenoxy) is 1. The van der Waals surface area contributed by atoms with Gasteiger partial charge in [-0.15, -0.1) is 11.3 Å². The van der Waals surface area contributed by atoms with Crippen LogP contribution in [-0.4, -0.2) is 50.2 Å². The van der Waals surface area contributed by atoms with Gasteiger partial charge in [0, 0.05) is 26.7 Å². The van der Waals surface area contributed by atoms with E-state index in [-0.39, 0.29) is 12.0 Å². The van der Waals surface area contributed by atoms with Gasteiger partial charge in [-0.25, -0.2) is 0 Å². The Balaban J connectivity index is 1.90. The Morgan fingerprint density at radius 3 is 3.12 bits per heavy atom. The molecule has 0 saturated carbocycles. The van der Waals surface area contributed by atoms with Crippen molar-refractivity contribution >= 4 is 28.8 Å². The van der Waals surface area contributed by atoms with E-state index in [9.17, 15) is 4.79 Å². The monoisotopic (exact) mass is 274 g/mol. The SMILES string of the molecule is CN(CC1CNCCO1)C(=O)c1ccc(Cl)s1. The average Bonchev–Trinajstić information content (AvgIpc) is 2.76. The molecular weight excluding hydrogens is 260 g/mol. The minimum atomic E-state index is -0.00364. The lowest BCUT2D eigenvalue weighted by Gasteiger charge is -2.27. The van der Waals surface area contributed by atoms with Gasteiger partial charge in [0.2, 0.25) is 0 Å². The molecule has 94 valence electrons. The fraction of sp³-hybridized carbons (Fsp3) is 0.545. The van der Waals surface area contributed by atoms with Crippen LogP contribution in [0.4, 0.5) is 0 Å². The Morgan fingerprint density at radius 2 is 2.53 bits per heavy atom. The number of carbonyl (C=O) groups excluding carboxylic acids is 1. The third-order valence-electron chi connectivity index (χ3n) is 2.61. The molecule has 1 atom stereocenters. The lowest BCUT2D eigenvalue weighted by Crippen LogP contribution is -2.45.